The fourth-order valence-corrected chi connectivity index (χ4v) is 4.71. The summed E-state index contributed by atoms with van der Waals surface area (Å²) < 4.78 is 28.1. The molecular weight excluding hydrogens is 418 g/mol. The molecule has 2 N–H and O–H groups in total. The highest BCUT2D eigenvalue weighted by Gasteiger charge is 2.18. The Kier molecular flexibility index (Phi) is 6.02. The van der Waals surface area contributed by atoms with Gasteiger partial charge in [-0.2, -0.15) is 0 Å². The lowest BCUT2D eigenvalue weighted by atomic mass is 10.2. The van der Waals surface area contributed by atoms with Crippen LogP contribution in [-0.2, 0) is 21.2 Å². The molecule has 3 aromatic rings. The minimum atomic E-state index is -3.85. The Labute approximate surface area is 172 Å². The summed E-state index contributed by atoms with van der Waals surface area (Å²) >= 11 is 7.39. The molecule has 0 unspecified atom stereocenters. The molecule has 28 heavy (non-hydrogen) atoms. The molecule has 146 valence electrons. The normalized spacial score (nSPS) is 11.2. The summed E-state index contributed by atoms with van der Waals surface area (Å²) in [6.07, 6.45) is 0.126. The summed E-state index contributed by atoms with van der Waals surface area (Å²) in [5, 5.41) is 5.87. The van der Waals surface area contributed by atoms with Gasteiger partial charge in [0.05, 0.1) is 27.7 Å². The van der Waals surface area contributed by atoms with Crippen LogP contribution in [0.2, 0.25) is 5.02 Å². The van der Waals surface area contributed by atoms with Crippen molar-refractivity contribution in [1.82, 2.24) is 4.98 Å². The van der Waals surface area contributed by atoms with Crippen molar-refractivity contribution in [3.63, 3.8) is 0 Å². The Morgan fingerprint density at radius 1 is 1.14 bits per heavy atom. The van der Waals surface area contributed by atoms with Gasteiger partial charge in [-0.15, -0.1) is 11.3 Å². The first-order valence-corrected chi connectivity index (χ1v) is 11.1. The molecule has 0 radical (unpaired) electrons. The zero-order valence-electron chi connectivity index (χ0n) is 15.2. The minimum Gasteiger partial charge on any atom is -0.326 e. The first kappa shape index (κ1) is 20.3. The lowest BCUT2D eigenvalue weighted by Crippen LogP contribution is -2.17. The summed E-state index contributed by atoms with van der Waals surface area (Å²) in [6.45, 7) is 3.56. The number of anilines is 2. The number of hydrogen-bond donors (Lipinski definition) is 2. The van der Waals surface area contributed by atoms with Gasteiger partial charge in [0.15, 0.2) is 0 Å². The van der Waals surface area contributed by atoms with Crippen molar-refractivity contribution in [2.75, 3.05) is 10.0 Å². The largest absolute Gasteiger partial charge is 0.326 e. The molecule has 1 heterocycles. The molecule has 0 saturated carbocycles. The van der Waals surface area contributed by atoms with Crippen molar-refractivity contribution in [3.8, 4) is 0 Å². The maximum Gasteiger partial charge on any atom is 0.262 e. The molecule has 0 aliphatic rings. The second kappa shape index (κ2) is 8.30. The Bertz CT molecular complexity index is 1130. The molecule has 9 heteroatoms. The zero-order chi connectivity index (χ0) is 20.3. The van der Waals surface area contributed by atoms with E-state index in [4.69, 9.17) is 11.6 Å². The molecule has 2 aromatic carbocycles. The maximum absolute atomic E-state index is 12.8. The fourth-order valence-electron chi connectivity index (χ4n) is 2.59. The lowest BCUT2D eigenvalue weighted by Gasteiger charge is -2.13. The van der Waals surface area contributed by atoms with Crippen LogP contribution in [0.4, 0.5) is 11.4 Å². The number of halogens is 1. The summed E-state index contributed by atoms with van der Waals surface area (Å²) in [5.74, 6) is -0.264. The summed E-state index contributed by atoms with van der Waals surface area (Å²) in [5.41, 5.74) is 2.00. The molecule has 0 aliphatic carbocycles. The molecule has 0 aliphatic heterocycles. The van der Waals surface area contributed by atoms with Gasteiger partial charge < -0.3 is 5.32 Å². The van der Waals surface area contributed by atoms with Crippen LogP contribution in [0.5, 0.6) is 0 Å². The number of aryl methyl sites for hydroxylation is 2. The van der Waals surface area contributed by atoms with Crippen LogP contribution < -0.4 is 10.0 Å². The molecule has 0 bridgehead atoms. The predicted octanol–water partition coefficient (Wildman–Crippen LogP) is 4.40. The summed E-state index contributed by atoms with van der Waals surface area (Å²) in [6, 6.07) is 11.2. The second-order valence-corrected chi connectivity index (χ2v) is 9.33. The number of carbonyl (C=O) groups is 1. The molecule has 0 atom stereocenters. The zero-order valence-corrected chi connectivity index (χ0v) is 17.6. The standard InChI is InChI=1S/C19H18ClN3O3S2/c1-12-6-7-15(22-19(24)10-17-11-27-13(2)21-17)9-18(12)28(25,26)23-16-5-3-4-14(20)8-16/h3-9,11,23H,10H2,1-2H3,(H,22,24). The molecule has 6 nitrogen and oxygen atoms in total. The van der Waals surface area contributed by atoms with Gasteiger partial charge in [-0.25, -0.2) is 13.4 Å². The van der Waals surface area contributed by atoms with E-state index in [1.165, 1.54) is 23.5 Å². The maximum atomic E-state index is 12.8. The first-order valence-electron chi connectivity index (χ1n) is 8.33. The average molecular weight is 436 g/mol. The molecule has 0 saturated heterocycles. The second-order valence-electron chi connectivity index (χ2n) is 6.18. The number of carbonyl (C=O) groups excluding carboxylic acids is 1. The van der Waals surface area contributed by atoms with E-state index >= 15 is 0 Å². The number of nitrogens with zero attached hydrogens (tertiary/aromatic N) is 1. The van der Waals surface area contributed by atoms with Gasteiger partial charge in [0.25, 0.3) is 10.0 Å². The highest BCUT2D eigenvalue weighted by atomic mass is 35.5. The van der Waals surface area contributed by atoms with Crippen molar-refractivity contribution in [2.24, 2.45) is 0 Å². The molecule has 0 fully saturated rings. The number of amides is 1. The number of hydrogen-bond acceptors (Lipinski definition) is 5. The van der Waals surface area contributed by atoms with Gasteiger partial charge in [-0.1, -0.05) is 23.7 Å². The van der Waals surface area contributed by atoms with Crippen LogP contribution in [0, 0.1) is 13.8 Å². The quantitative estimate of drug-likeness (QED) is 0.600. The van der Waals surface area contributed by atoms with Crippen LogP contribution in [-0.4, -0.2) is 19.3 Å². The van der Waals surface area contributed by atoms with Gasteiger partial charge >= 0.3 is 0 Å². The van der Waals surface area contributed by atoms with Gasteiger partial charge in [0, 0.05) is 16.1 Å². The smallest absolute Gasteiger partial charge is 0.262 e. The highest BCUT2D eigenvalue weighted by Crippen LogP contribution is 2.24. The minimum absolute atomic E-state index is 0.0785. The third-order valence-electron chi connectivity index (χ3n) is 3.85. The highest BCUT2D eigenvalue weighted by molar-refractivity contribution is 7.92. The van der Waals surface area contributed by atoms with E-state index in [0.29, 0.717) is 27.7 Å². The third kappa shape index (κ3) is 5.09. The monoisotopic (exact) mass is 435 g/mol. The third-order valence-corrected chi connectivity index (χ3v) is 6.43. The van der Waals surface area contributed by atoms with Crippen LogP contribution in [0.3, 0.4) is 0 Å². The van der Waals surface area contributed by atoms with Gasteiger partial charge in [0.2, 0.25) is 5.91 Å². The topological polar surface area (TPSA) is 88.2 Å². The predicted molar refractivity (Wildman–Crippen MR) is 113 cm³/mol. The molecule has 1 amide bonds. The molecular formula is C19H18ClN3O3S2. The molecule has 3 rings (SSSR count). The Balaban J connectivity index is 1.79. The van der Waals surface area contributed by atoms with E-state index in [9.17, 15) is 13.2 Å². The van der Waals surface area contributed by atoms with Crippen LogP contribution in [0.15, 0.2) is 52.7 Å². The first-order chi connectivity index (χ1) is 13.2. The Morgan fingerprint density at radius 2 is 1.93 bits per heavy atom. The van der Waals surface area contributed by atoms with E-state index in [2.05, 4.69) is 15.0 Å². The van der Waals surface area contributed by atoms with Crippen molar-refractivity contribution < 1.29 is 13.2 Å². The van der Waals surface area contributed by atoms with Crippen LogP contribution in [0.1, 0.15) is 16.3 Å². The summed E-state index contributed by atoms with van der Waals surface area (Å²) in [7, 11) is -3.85. The van der Waals surface area contributed by atoms with E-state index in [1.54, 1.807) is 37.3 Å². The molecule has 1 aromatic heterocycles. The van der Waals surface area contributed by atoms with Crippen molar-refractivity contribution in [3.05, 3.63) is 69.1 Å². The van der Waals surface area contributed by atoms with Crippen molar-refractivity contribution in [1.29, 1.82) is 0 Å². The van der Waals surface area contributed by atoms with Crippen LogP contribution >= 0.6 is 22.9 Å². The summed E-state index contributed by atoms with van der Waals surface area (Å²) in [4.78, 5) is 16.6. The van der Waals surface area contributed by atoms with Gasteiger partial charge in [-0.3, -0.25) is 9.52 Å². The lowest BCUT2D eigenvalue weighted by molar-refractivity contribution is -0.115. The number of benzene rings is 2. The fraction of sp³-hybridized carbons (Fsp3) is 0.158. The number of nitrogens with one attached hydrogen (secondary N) is 2. The number of thiazole rings is 1. The van der Waals surface area contributed by atoms with E-state index in [-0.39, 0.29) is 17.2 Å². The van der Waals surface area contributed by atoms with Crippen molar-refractivity contribution >= 4 is 50.2 Å². The number of sulfonamides is 1. The average Bonchev–Trinajstić information content (AvgIpc) is 3.00. The molecule has 0 spiro atoms. The van der Waals surface area contributed by atoms with E-state index < -0.39 is 10.0 Å². The number of rotatable bonds is 6. The Morgan fingerprint density at radius 3 is 2.61 bits per heavy atom. The van der Waals surface area contributed by atoms with E-state index in [0.717, 1.165) is 5.01 Å². The SMILES string of the molecule is Cc1nc(CC(=O)Nc2ccc(C)c(S(=O)(=O)Nc3cccc(Cl)c3)c2)cs1. The van der Waals surface area contributed by atoms with Crippen molar-refractivity contribution in [2.45, 2.75) is 25.2 Å². The Hall–Kier alpha value is -2.42. The number of aromatic nitrogens is 1. The van der Waals surface area contributed by atoms with Gasteiger partial charge in [0.1, 0.15) is 0 Å². The van der Waals surface area contributed by atoms with Gasteiger partial charge in [-0.05, 0) is 49.7 Å². The van der Waals surface area contributed by atoms with Crippen LogP contribution in [0.25, 0.3) is 0 Å². The van der Waals surface area contributed by atoms with E-state index in [1.807, 2.05) is 12.3 Å².